The Labute approximate surface area is 207 Å². The summed E-state index contributed by atoms with van der Waals surface area (Å²) in [7, 11) is 0. The normalized spacial score (nSPS) is 18.7. The highest BCUT2D eigenvalue weighted by molar-refractivity contribution is 6.09. The zero-order valence-corrected chi connectivity index (χ0v) is 22.2. The molecule has 0 aliphatic carbocycles. The number of carbonyl (C=O) groups excluding carboxylic acids is 3. The number of hydrogen-bond donors (Lipinski definition) is 1. The van der Waals surface area contributed by atoms with E-state index in [1.54, 1.807) is 74.4 Å². The van der Waals surface area contributed by atoms with Crippen LogP contribution >= 0.6 is 0 Å². The van der Waals surface area contributed by atoms with Crippen LogP contribution in [0.3, 0.4) is 0 Å². The Balaban J connectivity index is 2.23. The number of pyridine rings is 1. The second kappa shape index (κ2) is 10.4. The number of imide groups is 1. The average molecular weight is 494 g/mol. The number of nitrogens with zero attached hydrogens (tertiary/aromatic N) is 3. The van der Waals surface area contributed by atoms with Crippen molar-refractivity contribution in [2.24, 2.45) is 0 Å². The van der Waals surface area contributed by atoms with E-state index in [9.17, 15) is 19.5 Å². The summed E-state index contributed by atoms with van der Waals surface area (Å²) in [5.74, 6) is 0. The number of carbonyl (C=O) groups is 3. The molecule has 2 atom stereocenters. The summed E-state index contributed by atoms with van der Waals surface area (Å²) in [4.78, 5) is 44.9. The molecule has 2 rings (SSSR count). The first-order valence-electron chi connectivity index (χ1n) is 11.7. The van der Waals surface area contributed by atoms with Crippen LogP contribution in [-0.4, -0.2) is 68.8 Å². The number of likely N-dealkylation sites (tertiary alicyclic amines) is 1. The molecule has 3 amide bonds. The SMILES string of the molecule is CC(C)(C)OC(=O)N(C(=O)OC(C)(C)C)c1ccc(C[C@@H]2C[C@@H](O)CN2C(=O)OC(C)(C)C)nc1. The lowest BCUT2D eigenvalue weighted by Gasteiger charge is -2.29. The second-order valence-corrected chi connectivity index (χ2v) is 11.7. The zero-order valence-electron chi connectivity index (χ0n) is 22.2. The quantitative estimate of drug-likeness (QED) is 0.604. The van der Waals surface area contributed by atoms with Gasteiger partial charge in [-0.05, 0) is 80.9 Å². The van der Waals surface area contributed by atoms with Crippen LogP contribution in [0.25, 0.3) is 0 Å². The van der Waals surface area contributed by atoms with Crippen molar-refractivity contribution >= 4 is 24.0 Å². The number of aromatic nitrogens is 1. The summed E-state index contributed by atoms with van der Waals surface area (Å²) in [6.45, 7) is 15.7. The largest absolute Gasteiger partial charge is 0.444 e. The molecule has 1 aromatic rings. The van der Waals surface area contributed by atoms with Crippen molar-refractivity contribution < 1.29 is 33.7 Å². The van der Waals surface area contributed by atoms with E-state index in [2.05, 4.69) is 4.98 Å². The molecule has 0 saturated carbocycles. The van der Waals surface area contributed by atoms with Crippen LogP contribution in [0.5, 0.6) is 0 Å². The van der Waals surface area contributed by atoms with E-state index in [-0.39, 0.29) is 18.3 Å². The molecule has 0 spiro atoms. The van der Waals surface area contributed by atoms with Gasteiger partial charge in [0, 0.05) is 18.2 Å². The molecule has 0 aromatic carbocycles. The number of anilines is 1. The Hall–Kier alpha value is -2.88. The van der Waals surface area contributed by atoms with E-state index in [4.69, 9.17) is 14.2 Å². The van der Waals surface area contributed by atoms with E-state index >= 15 is 0 Å². The lowest BCUT2D eigenvalue weighted by atomic mass is 10.1. The highest BCUT2D eigenvalue weighted by Gasteiger charge is 2.37. The molecule has 0 bridgehead atoms. The maximum Gasteiger partial charge on any atom is 0.424 e. The lowest BCUT2D eigenvalue weighted by molar-refractivity contribution is 0.0207. The molecule has 0 radical (unpaired) electrons. The van der Waals surface area contributed by atoms with Gasteiger partial charge in [0.2, 0.25) is 0 Å². The Morgan fingerprint density at radius 1 is 0.943 bits per heavy atom. The number of rotatable bonds is 3. The molecule has 1 fully saturated rings. The number of aliphatic hydroxyl groups is 1. The van der Waals surface area contributed by atoms with Crippen molar-refractivity contribution in [3.63, 3.8) is 0 Å². The second-order valence-electron chi connectivity index (χ2n) is 11.7. The molecule has 2 heterocycles. The molecule has 1 N–H and O–H groups in total. The number of amides is 3. The maximum absolute atomic E-state index is 12.8. The average Bonchev–Trinajstić information content (AvgIpc) is 2.99. The van der Waals surface area contributed by atoms with Gasteiger partial charge in [0.05, 0.1) is 24.5 Å². The maximum atomic E-state index is 12.8. The van der Waals surface area contributed by atoms with Gasteiger partial charge >= 0.3 is 18.3 Å². The minimum atomic E-state index is -0.878. The summed E-state index contributed by atoms with van der Waals surface area (Å²) in [6, 6.07) is 2.93. The Bertz CT molecular complexity index is 883. The van der Waals surface area contributed by atoms with E-state index in [1.807, 2.05) is 0 Å². The standard InChI is InChI=1S/C25H39N3O7/c1-23(2,3)33-20(30)27-15-19(29)13-18(27)12-16-10-11-17(14-26-16)28(21(31)34-24(4,5)6)22(32)35-25(7,8)9/h10-11,14,18-19,29H,12-13,15H2,1-9H3/t18-,19-/m1/s1. The van der Waals surface area contributed by atoms with Crippen LogP contribution in [0.1, 0.15) is 74.4 Å². The van der Waals surface area contributed by atoms with Gasteiger partial charge in [-0.3, -0.25) is 4.98 Å². The van der Waals surface area contributed by atoms with Gasteiger partial charge in [-0.2, -0.15) is 4.90 Å². The van der Waals surface area contributed by atoms with Crippen molar-refractivity contribution in [2.75, 3.05) is 11.4 Å². The van der Waals surface area contributed by atoms with Crippen LogP contribution in [0.2, 0.25) is 0 Å². The fourth-order valence-corrected chi connectivity index (χ4v) is 3.44. The summed E-state index contributed by atoms with van der Waals surface area (Å²) < 4.78 is 16.3. The molecule has 1 aromatic heterocycles. The number of β-amino-alcohol motifs (C(OH)–C–C–N with tert-alkyl or cyclic N) is 1. The fourth-order valence-electron chi connectivity index (χ4n) is 3.44. The first-order valence-corrected chi connectivity index (χ1v) is 11.7. The van der Waals surface area contributed by atoms with E-state index in [1.165, 1.54) is 11.1 Å². The molecule has 0 unspecified atom stereocenters. The van der Waals surface area contributed by atoms with Gasteiger partial charge in [0.15, 0.2) is 0 Å². The lowest BCUT2D eigenvalue weighted by Crippen LogP contribution is -2.44. The van der Waals surface area contributed by atoms with Gasteiger partial charge in [-0.25, -0.2) is 14.4 Å². The van der Waals surface area contributed by atoms with Crippen LogP contribution in [0.4, 0.5) is 20.1 Å². The van der Waals surface area contributed by atoms with Crippen LogP contribution < -0.4 is 4.90 Å². The van der Waals surface area contributed by atoms with Gasteiger partial charge in [-0.15, -0.1) is 0 Å². The highest BCUT2D eigenvalue weighted by Crippen LogP contribution is 2.26. The van der Waals surface area contributed by atoms with E-state index in [0.29, 0.717) is 18.5 Å². The Kier molecular flexibility index (Phi) is 8.42. The predicted molar refractivity (Wildman–Crippen MR) is 130 cm³/mol. The van der Waals surface area contributed by atoms with Gasteiger partial charge < -0.3 is 24.2 Å². The summed E-state index contributed by atoms with van der Waals surface area (Å²) >= 11 is 0. The molecule has 10 nitrogen and oxygen atoms in total. The fraction of sp³-hybridized carbons (Fsp3) is 0.680. The van der Waals surface area contributed by atoms with Crippen LogP contribution in [-0.2, 0) is 20.6 Å². The van der Waals surface area contributed by atoms with Crippen molar-refractivity contribution in [3.8, 4) is 0 Å². The molecule has 1 aliphatic heterocycles. The van der Waals surface area contributed by atoms with Crippen LogP contribution in [0, 0.1) is 0 Å². The zero-order chi connectivity index (χ0) is 26.8. The minimum absolute atomic E-state index is 0.183. The van der Waals surface area contributed by atoms with Crippen molar-refractivity contribution in [1.29, 1.82) is 0 Å². The number of aliphatic hydroxyl groups excluding tert-OH is 1. The summed E-state index contributed by atoms with van der Waals surface area (Å²) in [6.07, 6.45) is -0.752. The molecular formula is C25H39N3O7. The monoisotopic (exact) mass is 493 g/mol. The molecule has 196 valence electrons. The predicted octanol–water partition coefficient (Wildman–Crippen LogP) is 4.67. The van der Waals surface area contributed by atoms with Gasteiger partial charge in [-0.1, -0.05) is 0 Å². The molecule has 35 heavy (non-hydrogen) atoms. The van der Waals surface area contributed by atoms with Crippen molar-refractivity contribution in [3.05, 3.63) is 24.0 Å². The number of hydrogen-bond acceptors (Lipinski definition) is 8. The third-order valence-corrected chi connectivity index (χ3v) is 4.68. The molecule has 1 saturated heterocycles. The molecule has 1 aliphatic rings. The topological polar surface area (TPSA) is 118 Å². The third-order valence-electron chi connectivity index (χ3n) is 4.68. The summed E-state index contributed by atoms with van der Waals surface area (Å²) in [5, 5.41) is 10.1. The highest BCUT2D eigenvalue weighted by atomic mass is 16.6. The van der Waals surface area contributed by atoms with Gasteiger partial charge in [0.1, 0.15) is 16.8 Å². The van der Waals surface area contributed by atoms with E-state index < -0.39 is 41.2 Å². The Morgan fingerprint density at radius 3 is 1.89 bits per heavy atom. The Morgan fingerprint density at radius 2 is 1.46 bits per heavy atom. The number of ether oxygens (including phenoxy) is 3. The summed E-state index contributed by atoms with van der Waals surface area (Å²) in [5.41, 5.74) is -1.48. The van der Waals surface area contributed by atoms with Crippen molar-refractivity contribution in [2.45, 2.75) is 104 Å². The van der Waals surface area contributed by atoms with Crippen LogP contribution in [0.15, 0.2) is 18.3 Å². The minimum Gasteiger partial charge on any atom is -0.444 e. The first-order chi connectivity index (χ1) is 15.8. The molecular weight excluding hydrogens is 454 g/mol. The van der Waals surface area contributed by atoms with Crippen molar-refractivity contribution in [1.82, 2.24) is 9.88 Å². The third kappa shape index (κ3) is 9.01. The molecule has 10 heteroatoms. The van der Waals surface area contributed by atoms with E-state index in [0.717, 1.165) is 4.90 Å². The smallest absolute Gasteiger partial charge is 0.424 e. The van der Waals surface area contributed by atoms with Gasteiger partial charge in [0.25, 0.3) is 0 Å². The first kappa shape index (κ1) is 28.4.